The Hall–Kier alpha value is -2.61. The van der Waals surface area contributed by atoms with Gasteiger partial charge in [0, 0.05) is 44.0 Å². The maximum Gasteiger partial charge on any atom is 0.246 e. The van der Waals surface area contributed by atoms with Crippen molar-refractivity contribution in [2.75, 3.05) is 49.6 Å². The van der Waals surface area contributed by atoms with E-state index < -0.39 is 0 Å². The molecule has 7 nitrogen and oxygen atoms in total. The van der Waals surface area contributed by atoms with Gasteiger partial charge in [0.15, 0.2) is 0 Å². The van der Waals surface area contributed by atoms with E-state index in [0.717, 1.165) is 50.8 Å². The summed E-state index contributed by atoms with van der Waals surface area (Å²) in [6.07, 6.45) is 1.69. The zero-order valence-corrected chi connectivity index (χ0v) is 17.7. The Morgan fingerprint density at radius 2 is 1.90 bits per heavy atom. The van der Waals surface area contributed by atoms with Crippen LogP contribution in [0.2, 0.25) is 5.02 Å². The number of nitrogens with one attached hydrogen (secondary N) is 1. The average Bonchev–Trinajstić information content (AvgIpc) is 3.15. The van der Waals surface area contributed by atoms with E-state index in [2.05, 4.69) is 50.3 Å². The highest BCUT2D eigenvalue weighted by Gasteiger charge is 2.29. The average molecular weight is 427 g/mol. The lowest BCUT2D eigenvalue weighted by Crippen LogP contribution is -2.56. The number of piperazine rings is 1. The molecular weight excluding hydrogens is 400 g/mol. The molecule has 0 aliphatic carbocycles. The van der Waals surface area contributed by atoms with Crippen molar-refractivity contribution in [2.45, 2.75) is 13.0 Å². The van der Waals surface area contributed by atoms with E-state index in [1.54, 1.807) is 11.0 Å². The molecule has 3 heterocycles. The van der Waals surface area contributed by atoms with Crippen molar-refractivity contribution in [1.82, 2.24) is 19.7 Å². The van der Waals surface area contributed by atoms with E-state index in [-0.39, 0.29) is 1.43 Å². The highest BCUT2D eigenvalue weighted by Crippen LogP contribution is 2.26. The van der Waals surface area contributed by atoms with Crippen molar-refractivity contribution < 1.29 is 6.16 Å². The Balaban J connectivity index is 0.00000231. The number of nitrogens with zero attached hydrogens (tertiary/aromatic N) is 5. The maximum atomic E-state index is 6.09. The Morgan fingerprint density at radius 3 is 2.63 bits per heavy atom. The van der Waals surface area contributed by atoms with Crippen LogP contribution in [0.4, 0.5) is 17.3 Å². The summed E-state index contributed by atoms with van der Waals surface area (Å²) in [6, 6.07) is 14.7. The number of anilines is 3. The summed E-state index contributed by atoms with van der Waals surface area (Å²) in [7, 11) is 0. The molecule has 2 aliphatic heterocycles. The smallest absolute Gasteiger partial charge is 0.246 e. The van der Waals surface area contributed by atoms with Crippen LogP contribution in [0, 0.1) is 6.92 Å². The van der Waals surface area contributed by atoms with Crippen molar-refractivity contribution in [1.29, 1.82) is 0 Å². The minimum atomic E-state index is 0. The summed E-state index contributed by atoms with van der Waals surface area (Å²) in [5.41, 5.74) is 4.31. The molecule has 2 saturated heterocycles. The van der Waals surface area contributed by atoms with Gasteiger partial charge in [0.2, 0.25) is 5.95 Å². The predicted molar refractivity (Wildman–Crippen MR) is 121 cm³/mol. The fourth-order valence-corrected chi connectivity index (χ4v) is 4.17. The van der Waals surface area contributed by atoms with E-state index >= 15 is 0 Å². The number of aromatic nitrogens is 3. The summed E-state index contributed by atoms with van der Waals surface area (Å²) >= 11 is 6.09. The van der Waals surface area contributed by atoms with Gasteiger partial charge >= 0.3 is 0 Å². The van der Waals surface area contributed by atoms with E-state index in [0.29, 0.717) is 17.0 Å². The van der Waals surface area contributed by atoms with Gasteiger partial charge in [0.05, 0.1) is 24.9 Å². The van der Waals surface area contributed by atoms with E-state index in [4.69, 9.17) is 16.3 Å². The van der Waals surface area contributed by atoms with Crippen molar-refractivity contribution in [3.05, 3.63) is 59.4 Å². The number of halogens is 1. The zero-order valence-electron chi connectivity index (χ0n) is 17.0. The molecule has 158 valence electrons. The lowest BCUT2D eigenvalue weighted by molar-refractivity contribution is -0.0660. The third-order valence-electron chi connectivity index (χ3n) is 5.70. The van der Waals surface area contributed by atoms with Crippen molar-refractivity contribution in [3.8, 4) is 5.69 Å². The predicted octanol–water partition coefficient (Wildman–Crippen LogP) is 3.74. The molecule has 0 amide bonds. The highest BCUT2D eigenvalue weighted by atomic mass is 35.5. The van der Waals surface area contributed by atoms with E-state index in [9.17, 15) is 0 Å². The van der Waals surface area contributed by atoms with E-state index in [1.165, 1.54) is 11.3 Å². The normalized spacial score (nSPS) is 17.7. The third kappa shape index (κ3) is 4.14. The van der Waals surface area contributed by atoms with Crippen LogP contribution in [0.25, 0.3) is 5.69 Å². The number of aryl methyl sites for hydroxylation is 1. The molecule has 2 fully saturated rings. The molecule has 1 aromatic heterocycles. The number of benzene rings is 2. The largest absolute Gasteiger partial charge is 0.378 e. The lowest BCUT2D eigenvalue weighted by Gasteiger charge is -2.43. The number of rotatable bonds is 5. The summed E-state index contributed by atoms with van der Waals surface area (Å²) in [5.74, 6) is 0.557. The molecule has 8 heteroatoms. The second kappa shape index (κ2) is 8.26. The molecule has 1 N–H and O–H groups in total. The van der Waals surface area contributed by atoms with Crippen LogP contribution in [0.1, 0.15) is 6.99 Å². The van der Waals surface area contributed by atoms with Crippen LogP contribution in [-0.4, -0.2) is 65.1 Å². The Kier molecular flexibility index (Phi) is 5.33. The number of ether oxygens (including phenoxy) is 1. The minimum absolute atomic E-state index is 0. The van der Waals surface area contributed by atoms with Crippen LogP contribution < -0.4 is 10.2 Å². The molecule has 2 aliphatic rings. The van der Waals surface area contributed by atoms with Crippen LogP contribution >= 0.6 is 11.6 Å². The second-order valence-electron chi connectivity index (χ2n) is 7.89. The molecule has 0 bridgehead atoms. The summed E-state index contributed by atoms with van der Waals surface area (Å²) < 4.78 is 7.06. The van der Waals surface area contributed by atoms with Gasteiger partial charge in [-0.1, -0.05) is 17.7 Å². The van der Waals surface area contributed by atoms with Crippen LogP contribution in [0.3, 0.4) is 0 Å². The molecule has 5 rings (SSSR count). The van der Waals surface area contributed by atoms with Gasteiger partial charge in [0.1, 0.15) is 6.33 Å². The number of hydrogen-bond acceptors (Lipinski definition) is 6. The molecule has 0 atom stereocenters. The van der Waals surface area contributed by atoms with Gasteiger partial charge in [-0.25, -0.2) is 4.68 Å². The zero-order chi connectivity index (χ0) is 20.5. The van der Waals surface area contributed by atoms with Gasteiger partial charge in [-0.05, 0) is 48.9 Å². The molecular formula is C22H27ClN6O. The van der Waals surface area contributed by atoms with Gasteiger partial charge < -0.3 is 15.0 Å². The summed E-state index contributed by atoms with van der Waals surface area (Å²) in [5, 5.41) is 8.55. The first-order valence-corrected chi connectivity index (χ1v) is 10.6. The summed E-state index contributed by atoms with van der Waals surface area (Å²) in [4.78, 5) is 9.39. The molecule has 30 heavy (non-hydrogen) atoms. The first-order chi connectivity index (χ1) is 14.6. The third-order valence-corrected chi connectivity index (χ3v) is 5.93. The van der Waals surface area contributed by atoms with Gasteiger partial charge in [-0.15, -0.1) is 5.10 Å². The fraction of sp³-hybridized carbons (Fsp3) is 0.364. The van der Waals surface area contributed by atoms with Gasteiger partial charge in [0.25, 0.3) is 0 Å². The minimum Gasteiger partial charge on any atom is -0.378 e. The van der Waals surface area contributed by atoms with Crippen LogP contribution in [0.5, 0.6) is 0 Å². The van der Waals surface area contributed by atoms with Crippen LogP contribution in [-0.2, 0) is 4.74 Å². The number of hydrogen-bond donors (Lipinski definition) is 1. The molecule has 3 aromatic rings. The topological polar surface area (TPSA) is 58.5 Å². The van der Waals surface area contributed by atoms with Crippen LogP contribution in [0.15, 0.2) is 48.8 Å². The standard InChI is InChI=1S/C22H25ClN6O.H2/c1-16-9-18(25-22-24-15-29(26-22)19-4-2-3-17(23)11-19)12-20(10-16)27-5-7-28(8-6-27)21-13-30-14-21;/h2-4,9-12,15,21H,5-8,13-14H2,1H3,(H,25,26);1H. The van der Waals surface area contributed by atoms with Gasteiger partial charge in [-0.3, -0.25) is 4.90 Å². The van der Waals surface area contributed by atoms with Crippen molar-refractivity contribution in [3.63, 3.8) is 0 Å². The van der Waals surface area contributed by atoms with Crippen molar-refractivity contribution in [2.24, 2.45) is 0 Å². The first-order valence-electron chi connectivity index (χ1n) is 10.3. The molecule has 0 spiro atoms. The quantitative estimate of drug-likeness (QED) is 0.670. The second-order valence-corrected chi connectivity index (χ2v) is 8.33. The Labute approximate surface area is 182 Å². The summed E-state index contributed by atoms with van der Waals surface area (Å²) in [6.45, 7) is 8.10. The fourth-order valence-electron chi connectivity index (χ4n) is 3.99. The molecule has 0 unspecified atom stereocenters. The molecule has 2 aromatic carbocycles. The monoisotopic (exact) mass is 426 g/mol. The van der Waals surface area contributed by atoms with Crippen molar-refractivity contribution >= 4 is 28.9 Å². The highest BCUT2D eigenvalue weighted by molar-refractivity contribution is 6.30. The molecule has 0 radical (unpaired) electrons. The maximum absolute atomic E-state index is 6.09. The Bertz CT molecular complexity index is 1030. The van der Waals surface area contributed by atoms with E-state index in [1.807, 2.05) is 24.3 Å². The Morgan fingerprint density at radius 1 is 1.07 bits per heavy atom. The lowest BCUT2D eigenvalue weighted by atomic mass is 10.1. The first kappa shape index (κ1) is 19.4. The SMILES string of the molecule is Cc1cc(Nc2ncn(-c3cccc(Cl)c3)n2)cc(N2CCN(C3COC3)CC2)c1.[HH]. The van der Waals surface area contributed by atoms with Gasteiger partial charge in [-0.2, -0.15) is 4.98 Å². The molecule has 0 saturated carbocycles.